The fraction of sp³-hybridized carbons (Fsp3) is 0.182. The maximum absolute atomic E-state index is 12.9. The van der Waals surface area contributed by atoms with Crippen LogP contribution in [0.2, 0.25) is 0 Å². The van der Waals surface area contributed by atoms with Crippen molar-refractivity contribution in [1.82, 2.24) is 10.3 Å². The van der Waals surface area contributed by atoms with Crippen molar-refractivity contribution in [3.8, 4) is 11.5 Å². The molecule has 2 N–H and O–H groups in total. The molecule has 1 amide bonds. The predicted octanol–water partition coefficient (Wildman–Crippen LogP) is 3.82. The second-order valence-corrected chi connectivity index (χ2v) is 6.58. The molecule has 5 heteroatoms. The molecule has 3 aromatic rings. The number of amides is 1. The molecule has 5 nitrogen and oxygen atoms in total. The van der Waals surface area contributed by atoms with Gasteiger partial charge in [0.15, 0.2) is 0 Å². The topological polar surface area (TPSA) is 63.2 Å². The van der Waals surface area contributed by atoms with Gasteiger partial charge in [-0.05, 0) is 29.8 Å². The number of hydrogen-bond donors (Lipinski definition) is 2. The largest absolute Gasteiger partial charge is 0.457 e. The molecule has 2 heterocycles. The quantitative estimate of drug-likeness (QED) is 0.727. The van der Waals surface area contributed by atoms with Crippen LogP contribution < -0.4 is 15.4 Å². The lowest BCUT2D eigenvalue weighted by Crippen LogP contribution is -2.28. The van der Waals surface area contributed by atoms with E-state index in [4.69, 9.17) is 4.74 Å². The molecular weight excluding hydrogens is 338 g/mol. The number of rotatable bonds is 5. The maximum Gasteiger partial charge on any atom is 0.229 e. The van der Waals surface area contributed by atoms with E-state index in [0.717, 1.165) is 12.2 Å². The van der Waals surface area contributed by atoms with Crippen molar-refractivity contribution in [3.05, 3.63) is 84.7 Å². The summed E-state index contributed by atoms with van der Waals surface area (Å²) in [6.07, 6.45) is 3.36. The molecule has 1 saturated heterocycles. The van der Waals surface area contributed by atoms with Crippen LogP contribution in [0.5, 0.6) is 11.5 Å². The molecule has 27 heavy (non-hydrogen) atoms. The zero-order valence-electron chi connectivity index (χ0n) is 14.8. The zero-order chi connectivity index (χ0) is 18.5. The van der Waals surface area contributed by atoms with E-state index in [2.05, 4.69) is 27.8 Å². The Balaban J connectivity index is 1.45. The number of aromatic nitrogens is 1. The molecule has 1 fully saturated rings. The summed E-state index contributed by atoms with van der Waals surface area (Å²) in [5.41, 5.74) is 1.92. The molecule has 0 bridgehead atoms. The Labute approximate surface area is 158 Å². The normalized spacial score (nSPS) is 18.8. The van der Waals surface area contributed by atoms with Crippen LogP contribution in [-0.4, -0.2) is 24.0 Å². The maximum atomic E-state index is 12.9. The Morgan fingerprint density at radius 2 is 1.78 bits per heavy atom. The first-order valence-corrected chi connectivity index (χ1v) is 9.04. The third-order valence-corrected chi connectivity index (χ3v) is 4.77. The number of pyridine rings is 1. The lowest BCUT2D eigenvalue weighted by Gasteiger charge is -2.19. The molecule has 0 unspecified atom stereocenters. The van der Waals surface area contributed by atoms with Crippen LogP contribution in [0.3, 0.4) is 0 Å². The van der Waals surface area contributed by atoms with Crippen molar-refractivity contribution in [3.63, 3.8) is 0 Å². The highest BCUT2D eigenvalue weighted by Crippen LogP contribution is 2.30. The number of nitrogens with one attached hydrogen (secondary N) is 2. The highest BCUT2D eigenvalue weighted by molar-refractivity contribution is 5.93. The number of carbonyl (C=O) groups excluding carboxylic acids is 1. The minimum atomic E-state index is -0.0998. The van der Waals surface area contributed by atoms with E-state index in [0.29, 0.717) is 18.0 Å². The summed E-state index contributed by atoms with van der Waals surface area (Å²) in [6, 6.07) is 21.2. The van der Waals surface area contributed by atoms with Crippen molar-refractivity contribution in [1.29, 1.82) is 0 Å². The van der Waals surface area contributed by atoms with Gasteiger partial charge in [-0.15, -0.1) is 0 Å². The first-order chi connectivity index (χ1) is 13.3. The molecule has 0 radical (unpaired) electrons. The van der Waals surface area contributed by atoms with Gasteiger partial charge in [0, 0.05) is 43.2 Å². The second-order valence-electron chi connectivity index (χ2n) is 6.58. The van der Waals surface area contributed by atoms with Crippen LogP contribution in [0.15, 0.2) is 79.1 Å². The lowest BCUT2D eigenvalue weighted by atomic mass is 9.88. The van der Waals surface area contributed by atoms with E-state index in [1.807, 2.05) is 42.5 Å². The molecule has 2 atom stereocenters. The number of anilines is 1. The monoisotopic (exact) mass is 359 g/mol. The molecule has 1 aliphatic rings. The molecule has 0 aliphatic carbocycles. The van der Waals surface area contributed by atoms with Crippen molar-refractivity contribution < 1.29 is 9.53 Å². The number of ether oxygens (including phenoxy) is 1. The standard InChI is InChI=1S/C22H21N3O2/c26-22(21-15-24-14-20(21)16-5-2-1-3-6-16)25-17-7-4-8-19(13-17)27-18-9-11-23-12-10-18/h1-13,20-21,24H,14-15H2,(H,25,26)/t20-,21+/m0/s1. The first kappa shape index (κ1) is 17.2. The van der Waals surface area contributed by atoms with Gasteiger partial charge in [0.05, 0.1) is 5.92 Å². The lowest BCUT2D eigenvalue weighted by molar-refractivity contribution is -0.119. The summed E-state index contributed by atoms with van der Waals surface area (Å²) >= 11 is 0. The van der Waals surface area contributed by atoms with Crippen molar-refractivity contribution >= 4 is 11.6 Å². The van der Waals surface area contributed by atoms with Gasteiger partial charge in [0.2, 0.25) is 5.91 Å². The Morgan fingerprint density at radius 3 is 2.59 bits per heavy atom. The predicted molar refractivity (Wildman–Crippen MR) is 105 cm³/mol. The van der Waals surface area contributed by atoms with Crippen LogP contribution >= 0.6 is 0 Å². The van der Waals surface area contributed by atoms with Crippen LogP contribution in [0.25, 0.3) is 0 Å². The van der Waals surface area contributed by atoms with Gasteiger partial charge < -0.3 is 15.4 Å². The molecule has 0 spiro atoms. The third-order valence-electron chi connectivity index (χ3n) is 4.77. The SMILES string of the molecule is O=C(Nc1cccc(Oc2ccncc2)c1)[C@@H]1CNC[C@H]1c1ccccc1. The summed E-state index contributed by atoms with van der Waals surface area (Å²) in [4.78, 5) is 16.8. The molecule has 0 saturated carbocycles. The number of hydrogen-bond acceptors (Lipinski definition) is 4. The van der Waals surface area contributed by atoms with Crippen molar-refractivity contribution in [2.45, 2.75) is 5.92 Å². The highest BCUT2D eigenvalue weighted by atomic mass is 16.5. The number of nitrogens with zero attached hydrogens (tertiary/aromatic N) is 1. The average molecular weight is 359 g/mol. The van der Waals surface area contributed by atoms with E-state index in [-0.39, 0.29) is 17.7 Å². The van der Waals surface area contributed by atoms with E-state index in [1.165, 1.54) is 5.56 Å². The van der Waals surface area contributed by atoms with Gasteiger partial charge >= 0.3 is 0 Å². The van der Waals surface area contributed by atoms with Gasteiger partial charge in [-0.1, -0.05) is 36.4 Å². The highest BCUT2D eigenvalue weighted by Gasteiger charge is 2.33. The van der Waals surface area contributed by atoms with Gasteiger partial charge in [-0.25, -0.2) is 0 Å². The van der Waals surface area contributed by atoms with Crippen LogP contribution in [0.4, 0.5) is 5.69 Å². The smallest absolute Gasteiger partial charge is 0.229 e. The molecule has 4 rings (SSSR count). The summed E-state index contributed by atoms with van der Waals surface area (Å²) in [5, 5.41) is 6.38. The van der Waals surface area contributed by atoms with Gasteiger partial charge in [-0.3, -0.25) is 9.78 Å². The molecule has 1 aromatic heterocycles. The molecule has 1 aliphatic heterocycles. The Hall–Kier alpha value is -3.18. The van der Waals surface area contributed by atoms with E-state index in [1.54, 1.807) is 24.5 Å². The fourth-order valence-corrected chi connectivity index (χ4v) is 3.42. The third kappa shape index (κ3) is 4.15. The Morgan fingerprint density at radius 1 is 0.963 bits per heavy atom. The van der Waals surface area contributed by atoms with E-state index >= 15 is 0 Å². The van der Waals surface area contributed by atoms with Crippen LogP contribution in [-0.2, 0) is 4.79 Å². The van der Waals surface area contributed by atoms with Crippen LogP contribution in [0, 0.1) is 5.92 Å². The summed E-state index contributed by atoms with van der Waals surface area (Å²) in [7, 11) is 0. The number of carbonyl (C=O) groups is 1. The van der Waals surface area contributed by atoms with E-state index < -0.39 is 0 Å². The Kier molecular flexibility index (Phi) is 5.12. The zero-order valence-corrected chi connectivity index (χ0v) is 14.8. The van der Waals surface area contributed by atoms with Crippen molar-refractivity contribution in [2.24, 2.45) is 5.92 Å². The molecule has 136 valence electrons. The average Bonchev–Trinajstić information content (AvgIpc) is 3.20. The molecular formula is C22H21N3O2. The number of benzene rings is 2. The van der Waals surface area contributed by atoms with Gasteiger partial charge in [0.25, 0.3) is 0 Å². The minimum absolute atomic E-state index is 0.0231. The van der Waals surface area contributed by atoms with Crippen molar-refractivity contribution in [2.75, 3.05) is 18.4 Å². The Bertz CT molecular complexity index is 900. The molecule has 2 aromatic carbocycles. The second kappa shape index (κ2) is 8.01. The summed E-state index contributed by atoms with van der Waals surface area (Å²) < 4.78 is 5.81. The van der Waals surface area contributed by atoms with Gasteiger partial charge in [0.1, 0.15) is 11.5 Å². The van der Waals surface area contributed by atoms with E-state index in [9.17, 15) is 4.79 Å². The van der Waals surface area contributed by atoms with Crippen LogP contribution in [0.1, 0.15) is 11.5 Å². The first-order valence-electron chi connectivity index (χ1n) is 9.04. The van der Waals surface area contributed by atoms with Gasteiger partial charge in [-0.2, -0.15) is 0 Å². The minimum Gasteiger partial charge on any atom is -0.457 e. The summed E-state index contributed by atoms with van der Waals surface area (Å²) in [6.45, 7) is 1.49. The fourth-order valence-electron chi connectivity index (χ4n) is 3.42. The summed E-state index contributed by atoms with van der Waals surface area (Å²) in [5.74, 6) is 1.48.